The summed E-state index contributed by atoms with van der Waals surface area (Å²) in [5.41, 5.74) is -0.428. The van der Waals surface area contributed by atoms with Gasteiger partial charge in [0.2, 0.25) is 10.0 Å². The third-order valence-electron chi connectivity index (χ3n) is 3.26. The maximum absolute atomic E-state index is 13.6. The van der Waals surface area contributed by atoms with Gasteiger partial charge in [-0.3, -0.25) is 4.79 Å². The molecule has 144 valence electrons. The van der Waals surface area contributed by atoms with Crippen LogP contribution in [0.3, 0.4) is 0 Å². The Labute approximate surface area is 159 Å². The van der Waals surface area contributed by atoms with Gasteiger partial charge >= 0.3 is 5.97 Å². The van der Waals surface area contributed by atoms with Gasteiger partial charge in [-0.1, -0.05) is 11.6 Å². The van der Waals surface area contributed by atoms with Gasteiger partial charge in [0.25, 0.3) is 5.91 Å². The molecule has 2 rings (SSSR count). The summed E-state index contributed by atoms with van der Waals surface area (Å²) in [6.07, 6.45) is 0. The Balaban J connectivity index is 2.11. The second-order valence-electron chi connectivity index (χ2n) is 5.16. The summed E-state index contributed by atoms with van der Waals surface area (Å²) >= 11 is 5.72. The normalized spacial score (nSPS) is 11.0. The maximum Gasteiger partial charge on any atom is 0.342 e. The summed E-state index contributed by atoms with van der Waals surface area (Å²) in [7, 11) is -2.80. The first-order chi connectivity index (χ1) is 12.6. The summed E-state index contributed by atoms with van der Waals surface area (Å²) < 4.78 is 46.2. The number of nitrogens with one attached hydrogen (secondary N) is 1. The Bertz CT molecular complexity index is 996. The van der Waals surface area contributed by atoms with E-state index in [1.54, 1.807) is 0 Å². The molecule has 8 nitrogen and oxygen atoms in total. The zero-order chi connectivity index (χ0) is 20.2. The van der Waals surface area contributed by atoms with Crippen molar-refractivity contribution >= 4 is 39.2 Å². The molecule has 2 aromatic carbocycles. The summed E-state index contributed by atoms with van der Waals surface area (Å²) in [6, 6.07) is 6.89. The van der Waals surface area contributed by atoms with Gasteiger partial charge in [-0.2, -0.15) is 0 Å². The number of carbonyl (C=O) groups is 2. The minimum absolute atomic E-state index is 0.0219. The Morgan fingerprint density at radius 3 is 2.56 bits per heavy atom. The fourth-order valence-corrected chi connectivity index (χ4v) is 2.72. The van der Waals surface area contributed by atoms with Crippen LogP contribution in [0.2, 0.25) is 5.02 Å². The first-order valence-corrected chi connectivity index (χ1v) is 9.17. The largest absolute Gasteiger partial charge is 0.496 e. The number of rotatable bonds is 6. The summed E-state index contributed by atoms with van der Waals surface area (Å²) in [4.78, 5) is 23.7. The molecule has 27 heavy (non-hydrogen) atoms. The molecule has 0 bridgehead atoms. The van der Waals surface area contributed by atoms with Crippen molar-refractivity contribution in [3.05, 3.63) is 52.8 Å². The van der Waals surface area contributed by atoms with Gasteiger partial charge in [-0.15, -0.1) is 0 Å². The molecule has 0 aromatic heterocycles. The van der Waals surface area contributed by atoms with Crippen LogP contribution >= 0.6 is 11.6 Å². The van der Waals surface area contributed by atoms with Gasteiger partial charge in [-0.25, -0.2) is 22.7 Å². The van der Waals surface area contributed by atoms with Gasteiger partial charge in [-0.05, 0) is 36.4 Å². The molecule has 0 fully saturated rings. The highest BCUT2D eigenvalue weighted by Gasteiger charge is 2.19. The number of methoxy groups -OCH3 is 1. The summed E-state index contributed by atoms with van der Waals surface area (Å²) in [5.74, 6) is -2.56. The average molecular weight is 417 g/mol. The lowest BCUT2D eigenvalue weighted by molar-refractivity contribution is -0.119. The number of carbonyl (C=O) groups excluding carboxylic acids is 2. The highest BCUT2D eigenvalue weighted by Crippen LogP contribution is 2.23. The van der Waals surface area contributed by atoms with Crippen LogP contribution in [0.1, 0.15) is 10.4 Å². The minimum Gasteiger partial charge on any atom is -0.496 e. The van der Waals surface area contributed by atoms with E-state index in [1.807, 2.05) is 0 Å². The minimum atomic E-state index is -4.06. The number of esters is 1. The summed E-state index contributed by atoms with van der Waals surface area (Å²) in [6.45, 7) is -0.756. The highest BCUT2D eigenvalue weighted by atomic mass is 35.5. The van der Waals surface area contributed by atoms with Crippen molar-refractivity contribution in [1.29, 1.82) is 0 Å². The van der Waals surface area contributed by atoms with Crippen molar-refractivity contribution in [3.8, 4) is 5.75 Å². The zero-order valence-electron chi connectivity index (χ0n) is 13.9. The second-order valence-corrected chi connectivity index (χ2v) is 7.15. The fourth-order valence-electron chi connectivity index (χ4n) is 2.01. The lowest BCUT2D eigenvalue weighted by Gasteiger charge is -2.11. The average Bonchev–Trinajstić information content (AvgIpc) is 2.61. The van der Waals surface area contributed by atoms with E-state index in [0.29, 0.717) is 0 Å². The van der Waals surface area contributed by atoms with Crippen molar-refractivity contribution in [2.75, 3.05) is 19.0 Å². The van der Waals surface area contributed by atoms with E-state index in [-0.39, 0.29) is 26.9 Å². The SMILES string of the molecule is COc1ccc(S(N)(=O)=O)cc1C(=O)OCC(=O)Nc1cc(Cl)ccc1F. The zero-order valence-corrected chi connectivity index (χ0v) is 15.4. The molecule has 1 amide bonds. The number of benzene rings is 2. The Morgan fingerprint density at radius 1 is 1.22 bits per heavy atom. The van der Waals surface area contributed by atoms with E-state index >= 15 is 0 Å². The molecule has 0 unspecified atom stereocenters. The lowest BCUT2D eigenvalue weighted by Crippen LogP contribution is -2.22. The molecular weight excluding hydrogens is 403 g/mol. The molecule has 2 aromatic rings. The van der Waals surface area contributed by atoms with Crippen LogP contribution < -0.4 is 15.2 Å². The van der Waals surface area contributed by atoms with Gasteiger partial charge in [0, 0.05) is 5.02 Å². The van der Waals surface area contributed by atoms with Crippen LogP contribution in [-0.4, -0.2) is 34.0 Å². The van der Waals surface area contributed by atoms with Gasteiger partial charge in [0.05, 0.1) is 17.7 Å². The van der Waals surface area contributed by atoms with E-state index in [2.05, 4.69) is 5.32 Å². The summed E-state index contributed by atoms with van der Waals surface area (Å²) in [5, 5.41) is 7.42. The number of anilines is 1. The molecule has 0 saturated carbocycles. The molecule has 0 radical (unpaired) electrons. The number of amides is 1. The smallest absolute Gasteiger partial charge is 0.342 e. The monoisotopic (exact) mass is 416 g/mol. The number of sulfonamides is 1. The molecule has 0 aliphatic carbocycles. The van der Waals surface area contributed by atoms with Gasteiger partial charge in [0.15, 0.2) is 6.61 Å². The number of hydrogen-bond acceptors (Lipinski definition) is 6. The van der Waals surface area contributed by atoms with Crippen LogP contribution in [0.25, 0.3) is 0 Å². The first kappa shape index (κ1) is 20.6. The van der Waals surface area contributed by atoms with E-state index in [9.17, 15) is 22.4 Å². The Kier molecular flexibility index (Phi) is 6.37. The maximum atomic E-state index is 13.6. The third-order valence-corrected chi connectivity index (χ3v) is 4.40. The van der Waals surface area contributed by atoms with Crippen molar-refractivity contribution in [1.82, 2.24) is 0 Å². The molecule has 0 spiro atoms. The quantitative estimate of drug-likeness (QED) is 0.693. The molecular formula is C16H14ClFN2O6S. The van der Waals surface area contributed by atoms with Crippen molar-refractivity contribution in [3.63, 3.8) is 0 Å². The van der Waals surface area contributed by atoms with Crippen LogP contribution in [-0.2, 0) is 19.6 Å². The van der Waals surface area contributed by atoms with E-state index in [4.69, 9.17) is 26.2 Å². The molecule has 0 saturated heterocycles. The van der Waals surface area contributed by atoms with Crippen LogP contribution in [0.5, 0.6) is 5.75 Å². The topological polar surface area (TPSA) is 125 Å². The van der Waals surface area contributed by atoms with Crippen molar-refractivity contribution in [2.45, 2.75) is 4.90 Å². The van der Waals surface area contributed by atoms with Crippen molar-refractivity contribution < 1.29 is 31.9 Å². The van der Waals surface area contributed by atoms with Crippen LogP contribution in [0.15, 0.2) is 41.3 Å². The lowest BCUT2D eigenvalue weighted by atomic mass is 10.2. The molecule has 0 aliphatic rings. The predicted octanol–water partition coefficient (Wildman–Crippen LogP) is 1.93. The Hall–Kier alpha value is -2.69. The molecule has 0 atom stereocenters. The molecule has 3 N–H and O–H groups in total. The first-order valence-electron chi connectivity index (χ1n) is 7.24. The third kappa shape index (κ3) is 5.39. The standard InChI is InChI=1S/C16H14ClFN2O6S/c1-25-14-5-3-10(27(19,23)24)7-11(14)16(22)26-8-15(21)20-13-6-9(17)2-4-12(13)18/h2-7H,8H2,1H3,(H,20,21)(H2,19,23,24). The number of primary sulfonamides is 1. The number of ether oxygens (including phenoxy) is 2. The van der Waals surface area contributed by atoms with Crippen LogP contribution in [0.4, 0.5) is 10.1 Å². The van der Waals surface area contributed by atoms with E-state index in [1.165, 1.54) is 25.3 Å². The molecule has 0 aliphatic heterocycles. The highest BCUT2D eigenvalue weighted by molar-refractivity contribution is 7.89. The predicted molar refractivity (Wildman–Crippen MR) is 94.7 cm³/mol. The molecule has 0 heterocycles. The number of hydrogen-bond donors (Lipinski definition) is 2. The van der Waals surface area contributed by atoms with Crippen LogP contribution in [0, 0.1) is 5.82 Å². The number of nitrogens with two attached hydrogens (primary N) is 1. The number of halogens is 2. The fraction of sp³-hybridized carbons (Fsp3) is 0.125. The van der Waals surface area contributed by atoms with E-state index < -0.39 is 34.3 Å². The van der Waals surface area contributed by atoms with Gasteiger partial charge < -0.3 is 14.8 Å². The molecule has 11 heteroatoms. The van der Waals surface area contributed by atoms with Gasteiger partial charge in [0.1, 0.15) is 17.1 Å². The Morgan fingerprint density at radius 2 is 1.93 bits per heavy atom. The second kappa shape index (κ2) is 8.33. The van der Waals surface area contributed by atoms with E-state index in [0.717, 1.165) is 18.2 Å². The van der Waals surface area contributed by atoms with Crippen molar-refractivity contribution in [2.24, 2.45) is 5.14 Å².